The molecule has 2 rings (SSSR count). The molecule has 21 heavy (non-hydrogen) atoms. The van der Waals surface area contributed by atoms with Gasteiger partial charge in [-0.3, -0.25) is 4.79 Å². The number of aromatic nitrogens is 1. The van der Waals surface area contributed by atoms with E-state index in [9.17, 15) is 4.79 Å². The van der Waals surface area contributed by atoms with Crippen LogP contribution in [0.2, 0.25) is 0 Å². The molecule has 0 amide bonds. The summed E-state index contributed by atoms with van der Waals surface area (Å²) in [5, 5.41) is 1.09. The summed E-state index contributed by atoms with van der Waals surface area (Å²) in [6, 6.07) is 3.85. The molecule has 2 aromatic rings. The molecule has 0 unspecified atom stereocenters. The number of H-pyrrole nitrogens is 1. The zero-order valence-corrected chi connectivity index (χ0v) is 14.4. The van der Waals surface area contributed by atoms with Gasteiger partial charge in [0.15, 0.2) is 11.5 Å². The maximum atomic E-state index is 9.60. The summed E-state index contributed by atoms with van der Waals surface area (Å²) in [5.41, 5.74) is 0.705. The first kappa shape index (κ1) is 17.4. The molecule has 1 aromatic carbocycles. The van der Waals surface area contributed by atoms with Crippen LogP contribution in [0.4, 0.5) is 0 Å². The minimum atomic E-state index is -0.318. The van der Waals surface area contributed by atoms with Crippen molar-refractivity contribution in [1.29, 1.82) is 0 Å². The van der Waals surface area contributed by atoms with Crippen molar-refractivity contribution in [3.8, 4) is 11.5 Å². The lowest BCUT2D eigenvalue weighted by molar-refractivity contribution is -0.138. The van der Waals surface area contributed by atoms with Crippen LogP contribution in [-0.2, 0) is 9.53 Å². The van der Waals surface area contributed by atoms with Gasteiger partial charge in [-0.25, -0.2) is 0 Å². The molecule has 0 aliphatic rings. The number of hydrogen-bond acceptors (Lipinski definition) is 4. The largest absolute Gasteiger partial charge is 0.493 e. The lowest BCUT2D eigenvalue weighted by atomic mass is 10.2. The van der Waals surface area contributed by atoms with Crippen LogP contribution in [0.5, 0.6) is 11.5 Å². The monoisotopic (exact) mass is 357 g/mol. The Morgan fingerprint density at radius 3 is 2.14 bits per heavy atom. The van der Waals surface area contributed by atoms with Crippen LogP contribution >= 0.6 is 15.9 Å². The van der Waals surface area contributed by atoms with Gasteiger partial charge in [0, 0.05) is 22.1 Å². The second-order valence-corrected chi connectivity index (χ2v) is 6.07. The summed E-state index contributed by atoms with van der Waals surface area (Å²) >= 11 is 3.45. The fourth-order valence-electron chi connectivity index (χ4n) is 1.56. The van der Waals surface area contributed by atoms with Crippen molar-refractivity contribution in [2.75, 3.05) is 14.2 Å². The minimum absolute atomic E-state index is 0.318. The molecule has 1 N–H and O–H groups in total. The molecule has 0 aliphatic heterocycles. The van der Waals surface area contributed by atoms with E-state index in [2.05, 4.69) is 25.7 Å². The molecule has 1 aromatic heterocycles. The Labute approximate surface area is 132 Å². The van der Waals surface area contributed by atoms with E-state index in [-0.39, 0.29) is 5.60 Å². The van der Waals surface area contributed by atoms with Crippen molar-refractivity contribution < 1.29 is 19.0 Å². The van der Waals surface area contributed by atoms with E-state index in [1.807, 2.05) is 39.1 Å². The second kappa shape index (κ2) is 7.36. The summed E-state index contributed by atoms with van der Waals surface area (Å²) in [4.78, 5) is 12.7. The number of fused-ring (bicyclic) bond motifs is 1. The van der Waals surface area contributed by atoms with Gasteiger partial charge in [0.25, 0.3) is 6.47 Å². The highest BCUT2D eigenvalue weighted by Gasteiger charge is 2.08. The van der Waals surface area contributed by atoms with Crippen molar-refractivity contribution in [2.45, 2.75) is 26.4 Å². The second-order valence-electron chi connectivity index (χ2n) is 5.22. The molecule has 6 heteroatoms. The number of carbonyl (C=O) groups excluding carboxylic acids is 1. The van der Waals surface area contributed by atoms with Crippen LogP contribution in [0.1, 0.15) is 20.8 Å². The number of carbonyl (C=O) groups is 1. The first-order valence-corrected chi connectivity index (χ1v) is 7.11. The Balaban J connectivity index is 0.000000270. The molecule has 5 nitrogen and oxygen atoms in total. The molecule has 0 fully saturated rings. The van der Waals surface area contributed by atoms with Gasteiger partial charge < -0.3 is 19.2 Å². The number of rotatable bonds is 3. The van der Waals surface area contributed by atoms with Crippen molar-refractivity contribution in [3.05, 3.63) is 22.8 Å². The number of halogens is 1. The molecular formula is C15H20BrNO4. The maximum absolute atomic E-state index is 9.60. The summed E-state index contributed by atoms with van der Waals surface area (Å²) in [7, 11) is 3.26. The van der Waals surface area contributed by atoms with Crippen LogP contribution in [0, 0.1) is 0 Å². The summed E-state index contributed by atoms with van der Waals surface area (Å²) in [6.07, 6.45) is 1.89. The first-order chi connectivity index (χ1) is 9.82. The normalized spacial score (nSPS) is 10.6. The van der Waals surface area contributed by atoms with Gasteiger partial charge in [-0.05, 0) is 42.8 Å². The molecule has 0 atom stereocenters. The Morgan fingerprint density at radius 2 is 1.71 bits per heavy atom. The molecule has 0 saturated heterocycles. The van der Waals surface area contributed by atoms with Crippen molar-refractivity contribution in [3.63, 3.8) is 0 Å². The topological polar surface area (TPSA) is 60.5 Å². The zero-order valence-electron chi connectivity index (χ0n) is 12.8. The number of hydrogen-bond donors (Lipinski definition) is 1. The summed E-state index contributed by atoms with van der Waals surface area (Å²) in [5.74, 6) is 1.47. The molecule has 0 radical (unpaired) electrons. The quantitative estimate of drug-likeness (QED) is 0.846. The van der Waals surface area contributed by atoms with Gasteiger partial charge in [-0.15, -0.1) is 0 Å². The number of nitrogens with one attached hydrogen (secondary N) is 1. The fourth-order valence-corrected chi connectivity index (χ4v) is 2.00. The summed E-state index contributed by atoms with van der Waals surface area (Å²) < 4.78 is 16.0. The van der Waals surface area contributed by atoms with E-state index in [4.69, 9.17) is 9.47 Å². The molecule has 0 spiro atoms. The summed E-state index contributed by atoms with van der Waals surface area (Å²) in [6.45, 7) is 5.92. The smallest absolute Gasteiger partial charge is 0.293 e. The van der Waals surface area contributed by atoms with Gasteiger partial charge in [0.1, 0.15) is 5.60 Å². The Hall–Kier alpha value is -1.69. The predicted molar refractivity (Wildman–Crippen MR) is 86.0 cm³/mol. The number of methoxy groups -OCH3 is 2. The Bertz CT molecular complexity index is 601. The fraction of sp³-hybridized carbons (Fsp3) is 0.400. The molecule has 0 saturated carbocycles. The highest BCUT2D eigenvalue weighted by Crippen LogP contribution is 2.34. The third-order valence-corrected chi connectivity index (χ3v) is 3.19. The van der Waals surface area contributed by atoms with Crippen LogP contribution < -0.4 is 9.47 Å². The van der Waals surface area contributed by atoms with E-state index in [1.165, 1.54) is 0 Å². The number of benzene rings is 1. The van der Waals surface area contributed by atoms with Gasteiger partial charge in [0.05, 0.1) is 19.7 Å². The van der Waals surface area contributed by atoms with Crippen molar-refractivity contribution >= 4 is 33.3 Å². The van der Waals surface area contributed by atoms with Gasteiger partial charge >= 0.3 is 0 Å². The van der Waals surface area contributed by atoms with E-state index in [1.54, 1.807) is 14.2 Å². The first-order valence-electron chi connectivity index (χ1n) is 6.32. The third kappa shape index (κ3) is 4.97. The Morgan fingerprint density at radius 1 is 1.14 bits per heavy atom. The maximum Gasteiger partial charge on any atom is 0.293 e. The standard InChI is InChI=1S/C10H10BrNO2.C5H10O2/c1-13-9-3-6-7(11)5-12-8(6)4-10(9)14-2;1-5(2,3)7-4-6/h3-5,12H,1-2H3;4H,1-3H3. The third-order valence-electron chi connectivity index (χ3n) is 2.54. The minimum Gasteiger partial charge on any atom is -0.493 e. The lowest BCUT2D eigenvalue weighted by Crippen LogP contribution is -2.17. The zero-order chi connectivity index (χ0) is 16.0. The van der Waals surface area contributed by atoms with Gasteiger partial charge in [0.2, 0.25) is 0 Å². The highest BCUT2D eigenvalue weighted by atomic mass is 79.9. The lowest BCUT2D eigenvalue weighted by Gasteiger charge is -2.14. The van der Waals surface area contributed by atoms with E-state index >= 15 is 0 Å². The molecule has 116 valence electrons. The average Bonchev–Trinajstić information content (AvgIpc) is 2.77. The Kier molecular flexibility index (Phi) is 6.08. The molecular weight excluding hydrogens is 338 g/mol. The number of ether oxygens (including phenoxy) is 3. The average molecular weight is 358 g/mol. The highest BCUT2D eigenvalue weighted by molar-refractivity contribution is 9.10. The van der Waals surface area contributed by atoms with E-state index in [0.29, 0.717) is 6.47 Å². The molecule has 0 bridgehead atoms. The number of aromatic amines is 1. The van der Waals surface area contributed by atoms with E-state index in [0.717, 1.165) is 26.9 Å². The predicted octanol–water partition coefficient (Wildman–Crippen LogP) is 3.91. The van der Waals surface area contributed by atoms with Crippen LogP contribution in [-0.4, -0.2) is 31.3 Å². The SMILES string of the molecule is CC(C)(C)OC=O.COc1cc2[nH]cc(Br)c2cc1OC. The molecule has 0 aliphatic carbocycles. The van der Waals surface area contributed by atoms with Gasteiger partial charge in [-0.1, -0.05) is 0 Å². The van der Waals surface area contributed by atoms with Crippen LogP contribution in [0.15, 0.2) is 22.8 Å². The van der Waals surface area contributed by atoms with E-state index < -0.39 is 0 Å². The van der Waals surface area contributed by atoms with Crippen molar-refractivity contribution in [2.24, 2.45) is 0 Å². The van der Waals surface area contributed by atoms with Crippen LogP contribution in [0.3, 0.4) is 0 Å². The van der Waals surface area contributed by atoms with Gasteiger partial charge in [-0.2, -0.15) is 0 Å². The molecule has 1 heterocycles. The van der Waals surface area contributed by atoms with Crippen molar-refractivity contribution in [1.82, 2.24) is 4.98 Å². The van der Waals surface area contributed by atoms with Crippen LogP contribution in [0.25, 0.3) is 10.9 Å².